The fraction of sp³-hybridized carbons (Fsp3) is 0.278. The molecule has 3 rings (SSSR count). The number of pyridine rings is 1. The maximum Gasteiger partial charge on any atom is 0.255 e. The molecular formula is C18H19N3O3S. The van der Waals surface area contributed by atoms with Crippen LogP contribution in [0.15, 0.2) is 42.6 Å². The van der Waals surface area contributed by atoms with E-state index in [9.17, 15) is 9.59 Å². The molecule has 2 amide bonds. The maximum absolute atomic E-state index is 12.5. The van der Waals surface area contributed by atoms with E-state index in [0.29, 0.717) is 22.8 Å². The summed E-state index contributed by atoms with van der Waals surface area (Å²) in [5, 5.41) is 5.50. The topological polar surface area (TPSA) is 80.3 Å². The average Bonchev–Trinajstić information content (AvgIpc) is 3.08. The second-order valence-corrected chi connectivity index (χ2v) is 6.85. The van der Waals surface area contributed by atoms with Crippen molar-refractivity contribution >= 4 is 35.0 Å². The van der Waals surface area contributed by atoms with Gasteiger partial charge in [0.15, 0.2) is 0 Å². The van der Waals surface area contributed by atoms with Crippen LogP contribution in [0, 0.1) is 0 Å². The summed E-state index contributed by atoms with van der Waals surface area (Å²) in [5.41, 5.74) is 1.70. The summed E-state index contributed by atoms with van der Waals surface area (Å²) in [5.74, 6) is 2.09. The van der Waals surface area contributed by atoms with E-state index in [2.05, 4.69) is 15.6 Å². The highest BCUT2D eigenvalue weighted by Crippen LogP contribution is 2.23. The number of hydrogen-bond acceptors (Lipinski definition) is 5. The van der Waals surface area contributed by atoms with E-state index in [1.54, 1.807) is 42.6 Å². The lowest BCUT2D eigenvalue weighted by Gasteiger charge is -2.12. The van der Waals surface area contributed by atoms with Crippen molar-refractivity contribution in [3.05, 3.63) is 48.2 Å². The van der Waals surface area contributed by atoms with Crippen molar-refractivity contribution in [2.45, 2.75) is 19.4 Å². The van der Waals surface area contributed by atoms with Gasteiger partial charge in [0.25, 0.3) is 5.91 Å². The molecule has 0 radical (unpaired) electrons. The van der Waals surface area contributed by atoms with E-state index in [1.165, 1.54) is 6.92 Å². The fourth-order valence-corrected chi connectivity index (χ4v) is 3.57. The SMILES string of the molecule is CC(=O)Nc1cccc(NC(=O)c2ccnc(OC3CCSC3)c2)c1. The van der Waals surface area contributed by atoms with Gasteiger partial charge in [-0.1, -0.05) is 6.07 Å². The van der Waals surface area contributed by atoms with Gasteiger partial charge in [0.2, 0.25) is 11.8 Å². The normalized spacial score (nSPS) is 16.3. The first-order valence-corrected chi connectivity index (χ1v) is 9.15. The zero-order valence-corrected chi connectivity index (χ0v) is 14.6. The minimum Gasteiger partial charge on any atom is -0.473 e. The maximum atomic E-state index is 12.5. The van der Waals surface area contributed by atoms with Crippen LogP contribution in [0.25, 0.3) is 0 Å². The van der Waals surface area contributed by atoms with Crippen LogP contribution in [0.4, 0.5) is 11.4 Å². The van der Waals surface area contributed by atoms with Crippen LogP contribution in [-0.4, -0.2) is 34.4 Å². The molecular weight excluding hydrogens is 338 g/mol. The Morgan fingerprint density at radius 1 is 1.20 bits per heavy atom. The van der Waals surface area contributed by atoms with Gasteiger partial charge in [0, 0.05) is 41.9 Å². The molecule has 1 atom stereocenters. The molecule has 25 heavy (non-hydrogen) atoms. The summed E-state index contributed by atoms with van der Waals surface area (Å²) in [4.78, 5) is 27.8. The van der Waals surface area contributed by atoms with Crippen molar-refractivity contribution < 1.29 is 14.3 Å². The lowest BCUT2D eigenvalue weighted by atomic mass is 10.2. The predicted molar refractivity (Wildman–Crippen MR) is 99.3 cm³/mol. The molecule has 1 aliphatic heterocycles. The number of benzene rings is 1. The van der Waals surface area contributed by atoms with E-state index < -0.39 is 0 Å². The van der Waals surface area contributed by atoms with Gasteiger partial charge < -0.3 is 15.4 Å². The smallest absolute Gasteiger partial charge is 0.255 e. The zero-order valence-electron chi connectivity index (χ0n) is 13.8. The number of ether oxygens (including phenoxy) is 1. The number of rotatable bonds is 5. The predicted octanol–water partition coefficient (Wildman–Crippen LogP) is 3.18. The van der Waals surface area contributed by atoms with Gasteiger partial charge in [-0.2, -0.15) is 11.8 Å². The molecule has 1 aliphatic rings. The molecule has 0 bridgehead atoms. The van der Waals surface area contributed by atoms with E-state index >= 15 is 0 Å². The number of nitrogens with zero attached hydrogens (tertiary/aromatic N) is 1. The highest BCUT2D eigenvalue weighted by Gasteiger charge is 2.18. The van der Waals surface area contributed by atoms with Crippen LogP contribution in [0.1, 0.15) is 23.7 Å². The molecule has 2 N–H and O–H groups in total. The number of thioether (sulfide) groups is 1. The minimum absolute atomic E-state index is 0.158. The second kappa shape index (κ2) is 8.02. The second-order valence-electron chi connectivity index (χ2n) is 5.70. The molecule has 0 aliphatic carbocycles. The van der Waals surface area contributed by atoms with Crippen molar-refractivity contribution in [2.24, 2.45) is 0 Å². The highest BCUT2D eigenvalue weighted by atomic mass is 32.2. The van der Waals surface area contributed by atoms with Gasteiger partial charge in [0.05, 0.1) is 0 Å². The van der Waals surface area contributed by atoms with E-state index in [-0.39, 0.29) is 17.9 Å². The standard InChI is InChI=1S/C18H19N3O3S/c1-12(22)20-14-3-2-4-15(10-14)21-18(23)13-5-7-19-17(9-13)24-16-6-8-25-11-16/h2-5,7,9-10,16H,6,8,11H2,1H3,(H,20,22)(H,21,23). The van der Waals surface area contributed by atoms with E-state index in [1.807, 2.05) is 11.8 Å². The van der Waals surface area contributed by atoms with Crippen LogP contribution >= 0.6 is 11.8 Å². The van der Waals surface area contributed by atoms with Crippen LogP contribution in [0.2, 0.25) is 0 Å². The fourth-order valence-electron chi connectivity index (χ4n) is 2.47. The minimum atomic E-state index is -0.256. The molecule has 1 aromatic carbocycles. The summed E-state index contributed by atoms with van der Waals surface area (Å²) in [6, 6.07) is 10.3. The average molecular weight is 357 g/mol. The van der Waals surface area contributed by atoms with Gasteiger partial charge in [-0.25, -0.2) is 4.98 Å². The number of anilines is 2. The monoisotopic (exact) mass is 357 g/mol. The number of nitrogens with one attached hydrogen (secondary N) is 2. The number of carbonyl (C=O) groups is 2. The molecule has 0 saturated carbocycles. The molecule has 1 unspecified atom stereocenters. The Balaban J connectivity index is 1.67. The first kappa shape index (κ1) is 17.3. The Morgan fingerprint density at radius 2 is 2.00 bits per heavy atom. The summed E-state index contributed by atoms with van der Waals surface area (Å²) in [6.45, 7) is 1.44. The van der Waals surface area contributed by atoms with Gasteiger partial charge >= 0.3 is 0 Å². The third-order valence-corrected chi connectivity index (χ3v) is 4.75. The van der Waals surface area contributed by atoms with Crippen LogP contribution in [-0.2, 0) is 4.79 Å². The molecule has 2 aromatic rings. The highest BCUT2D eigenvalue weighted by molar-refractivity contribution is 7.99. The Labute approximate surface area is 150 Å². The molecule has 0 spiro atoms. The van der Waals surface area contributed by atoms with Crippen LogP contribution in [0.5, 0.6) is 5.88 Å². The largest absolute Gasteiger partial charge is 0.473 e. The lowest BCUT2D eigenvalue weighted by Crippen LogP contribution is -2.17. The van der Waals surface area contributed by atoms with Gasteiger partial charge in [-0.3, -0.25) is 9.59 Å². The van der Waals surface area contributed by atoms with Crippen molar-refractivity contribution in [3.63, 3.8) is 0 Å². The summed E-state index contributed by atoms with van der Waals surface area (Å²) < 4.78 is 5.82. The van der Waals surface area contributed by atoms with Crippen molar-refractivity contribution in [3.8, 4) is 5.88 Å². The third kappa shape index (κ3) is 4.96. The number of carbonyl (C=O) groups excluding carboxylic acids is 2. The lowest BCUT2D eigenvalue weighted by molar-refractivity contribution is -0.114. The number of hydrogen-bond donors (Lipinski definition) is 2. The molecule has 1 saturated heterocycles. The quantitative estimate of drug-likeness (QED) is 0.859. The summed E-state index contributed by atoms with van der Waals surface area (Å²) >= 11 is 1.86. The Bertz CT molecular complexity index is 776. The third-order valence-electron chi connectivity index (χ3n) is 3.61. The van der Waals surface area contributed by atoms with E-state index in [4.69, 9.17) is 4.74 Å². The molecule has 130 valence electrons. The first-order chi connectivity index (χ1) is 12.1. The molecule has 7 heteroatoms. The molecule has 6 nitrogen and oxygen atoms in total. The Hall–Kier alpha value is -2.54. The van der Waals surface area contributed by atoms with Gasteiger partial charge in [-0.05, 0) is 36.4 Å². The summed E-state index contributed by atoms with van der Waals surface area (Å²) in [7, 11) is 0. The van der Waals surface area contributed by atoms with Crippen molar-refractivity contribution in [1.29, 1.82) is 0 Å². The molecule has 2 heterocycles. The molecule has 1 fully saturated rings. The Morgan fingerprint density at radius 3 is 2.72 bits per heavy atom. The number of aromatic nitrogens is 1. The van der Waals surface area contributed by atoms with Crippen LogP contribution in [0.3, 0.4) is 0 Å². The van der Waals surface area contributed by atoms with Crippen molar-refractivity contribution in [1.82, 2.24) is 4.98 Å². The van der Waals surface area contributed by atoms with Crippen molar-refractivity contribution in [2.75, 3.05) is 22.1 Å². The zero-order chi connectivity index (χ0) is 17.6. The van der Waals surface area contributed by atoms with Gasteiger partial charge in [-0.15, -0.1) is 0 Å². The first-order valence-electron chi connectivity index (χ1n) is 7.99. The molecule has 1 aromatic heterocycles. The van der Waals surface area contributed by atoms with Gasteiger partial charge in [0.1, 0.15) is 6.10 Å². The van der Waals surface area contributed by atoms with Crippen LogP contribution < -0.4 is 15.4 Å². The number of amides is 2. The Kier molecular flexibility index (Phi) is 5.55. The van der Waals surface area contributed by atoms with E-state index in [0.717, 1.165) is 17.9 Å². The summed E-state index contributed by atoms with van der Waals surface area (Å²) in [6.07, 6.45) is 2.73.